The number of thioether (sulfide) groups is 1. The van der Waals surface area contributed by atoms with Gasteiger partial charge in [-0.2, -0.15) is 0 Å². The lowest BCUT2D eigenvalue weighted by atomic mass is 9.95. The Morgan fingerprint density at radius 2 is 2.10 bits per heavy atom. The Hall–Kier alpha value is -1.16. The molecule has 1 amide bonds. The lowest BCUT2D eigenvalue weighted by Gasteiger charge is -2.22. The Balaban J connectivity index is 1.44. The van der Waals surface area contributed by atoms with Gasteiger partial charge in [-0.3, -0.25) is 4.79 Å². The average Bonchev–Trinajstić information content (AvgIpc) is 3.08. The number of nitrogens with one attached hydrogen (secondary N) is 1. The molecule has 2 saturated carbocycles. The van der Waals surface area contributed by atoms with Crippen LogP contribution in [0.4, 0.5) is 0 Å². The van der Waals surface area contributed by atoms with Crippen molar-refractivity contribution < 1.29 is 9.53 Å². The lowest BCUT2D eigenvalue weighted by molar-refractivity contribution is -0.119. The highest BCUT2D eigenvalue weighted by atomic mass is 32.2. The highest BCUT2D eigenvalue weighted by molar-refractivity contribution is 8.00. The van der Waals surface area contributed by atoms with E-state index in [1.54, 1.807) is 18.9 Å². The monoisotopic (exact) mass is 291 g/mol. The molecule has 2 fully saturated rings. The summed E-state index contributed by atoms with van der Waals surface area (Å²) in [6.07, 6.45) is 5.21. The summed E-state index contributed by atoms with van der Waals surface area (Å²) in [5, 5.41) is 3.22. The first-order valence-electron chi connectivity index (χ1n) is 7.31. The summed E-state index contributed by atoms with van der Waals surface area (Å²) in [5.41, 5.74) is 0. The maximum absolute atomic E-state index is 12.0. The normalized spacial score (nSPS) is 27.6. The number of carbonyl (C=O) groups is 1. The van der Waals surface area contributed by atoms with E-state index in [4.69, 9.17) is 4.74 Å². The van der Waals surface area contributed by atoms with Gasteiger partial charge in [0.25, 0.3) is 0 Å². The molecule has 0 aliphatic heterocycles. The molecule has 3 rings (SSSR count). The van der Waals surface area contributed by atoms with E-state index in [0.717, 1.165) is 22.5 Å². The van der Waals surface area contributed by atoms with Crippen LogP contribution in [0.15, 0.2) is 29.2 Å². The highest BCUT2D eigenvalue weighted by Crippen LogP contribution is 2.44. The van der Waals surface area contributed by atoms with Gasteiger partial charge in [0.2, 0.25) is 5.91 Å². The Kier molecular flexibility index (Phi) is 4.20. The van der Waals surface area contributed by atoms with E-state index in [-0.39, 0.29) is 5.91 Å². The Morgan fingerprint density at radius 3 is 2.70 bits per heavy atom. The van der Waals surface area contributed by atoms with Gasteiger partial charge in [0.05, 0.1) is 12.9 Å². The quantitative estimate of drug-likeness (QED) is 0.847. The third-order valence-corrected chi connectivity index (χ3v) is 5.53. The van der Waals surface area contributed by atoms with E-state index in [0.29, 0.717) is 11.8 Å². The molecule has 1 aromatic rings. The van der Waals surface area contributed by atoms with Gasteiger partial charge in [-0.05, 0) is 55.4 Å². The minimum atomic E-state index is 0.170. The van der Waals surface area contributed by atoms with E-state index in [1.165, 1.54) is 25.7 Å². The third kappa shape index (κ3) is 3.11. The van der Waals surface area contributed by atoms with Gasteiger partial charge in [-0.15, -0.1) is 11.8 Å². The molecule has 0 radical (unpaired) electrons. The van der Waals surface area contributed by atoms with Gasteiger partial charge in [-0.1, -0.05) is 6.42 Å². The molecule has 20 heavy (non-hydrogen) atoms. The van der Waals surface area contributed by atoms with Crippen LogP contribution in [-0.2, 0) is 4.79 Å². The predicted molar refractivity (Wildman–Crippen MR) is 81.1 cm³/mol. The molecule has 0 aromatic heterocycles. The molecule has 2 bridgehead atoms. The number of ether oxygens (including phenoxy) is 1. The van der Waals surface area contributed by atoms with Gasteiger partial charge in [-0.25, -0.2) is 0 Å². The number of methoxy groups -OCH3 is 1. The fraction of sp³-hybridized carbons (Fsp3) is 0.562. The van der Waals surface area contributed by atoms with Crippen molar-refractivity contribution in [2.24, 2.45) is 11.8 Å². The molecular weight excluding hydrogens is 270 g/mol. The number of hydrogen-bond acceptors (Lipinski definition) is 3. The van der Waals surface area contributed by atoms with Crippen molar-refractivity contribution in [3.05, 3.63) is 24.3 Å². The summed E-state index contributed by atoms with van der Waals surface area (Å²) >= 11 is 1.58. The third-order valence-electron chi connectivity index (χ3n) is 4.51. The second-order valence-electron chi connectivity index (χ2n) is 5.81. The fourth-order valence-electron chi connectivity index (χ4n) is 3.49. The molecule has 4 heteroatoms. The van der Waals surface area contributed by atoms with Crippen molar-refractivity contribution in [2.75, 3.05) is 12.9 Å². The van der Waals surface area contributed by atoms with Crippen LogP contribution in [0.3, 0.4) is 0 Å². The molecular formula is C16H21NO2S. The first-order valence-corrected chi connectivity index (χ1v) is 8.29. The first-order chi connectivity index (χ1) is 9.74. The molecule has 2 aliphatic carbocycles. The van der Waals surface area contributed by atoms with Gasteiger partial charge >= 0.3 is 0 Å². The SMILES string of the molecule is COc1ccc(SCC(=O)N[C@H]2C[C@H]3CC[C@@H]2C3)cc1. The number of fused-ring (bicyclic) bond motifs is 2. The van der Waals surface area contributed by atoms with Crippen molar-refractivity contribution in [1.29, 1.82) is 0 Å². The van der Waals surface area contributed by atoms with Gasteiger partial charge < -0.3 is 10.1 Å². The Bertz CT molecular complexity index is 474. The maximum Gasteiger partial charge on any atom is 0.230 e. The average molecular weight is 291 g/mol. The molecule has 0 spiro atoms. The summed E-state index contributed by atoms with van der Waals surface area (Å²) in [5.74, 6) is 3.14. The number of carbonyl (C=O) groups excluding carboxylic acids is 1. The lowest BCUT2D eigenvalue weighted by Crippen LogP contribution is -2.39. The van der Waals surface area contributed by atoms with Crippen LogP contribution in [0, 0.1) is 11.8 Å². The van der Waals surface area contributed by atoms with E-state index in [1.807, 2.05) is 24.3 Å². The molecule has 1 N–H and O–H groups in total. The van der Waals surface area contributed by atoms with Gasteiger partial charge in [0.1, 0.15) is 5.75 Å². The Morgan fingerprint density at radius 1 is 1.30 bits per heavy atom. The molecule has 0 saturated heterocycles. The summed E-state index contributed by atoms with van der Waals surface area (Å²) in [7, 11) is 1.66. The number of amides is 1. The number of hydrogen-bond donors (Lipinski definition) is 1. The summed E-state index contributed by atoms with van der Waals surface area (Å²) < 4.78 is 5.12. The van der Waals surface area contributed by atoms with Crippen molar-refractivity contribution in [3.8, 4) is 5.75 Å². The van der Waals surface area contributed by atoms with Crippen LogP contribution in [0.25, 0.3) is 0 Å². The smallest absolute Gasteiger partial charge is 0.230 e. The molecule has 3 nitrogen and oxygen atoms in total. The van der Waals surface area contributed by atoms with E-state index in [2.05, 4.69) is 5.32 Å². The predicted octanol–water partition coefficient (Wildman–Crippen LogP) is 3.09. The van der Waals surface area contributed by atoms with E-state index in [9.17, 15) is 4.79 Å². The zero-order valence-corrected chi connectivity index (χ0v) is 12.6. The highest BCUT2D eigenvalue weighted by Gasteiger charge is 2.39. The minimum Gasteiger partial charge on any atom is -0.497 e. The molecule has 3 atom stereocenters. The second kappa shape index (κ2) is 6.08. The van der Waals surface area contributed by atoms with E-state index < -0.39 is 0 Å². The minimum absolute atomic E-state index is 0.170. The maximum atomic E-state index is 12.0. The summed E-state index contributed by atoms with van der Waals surface area (Å²) in [6, 6.07) is 8.28. The molecule has 1 aromatic carbocycles. The van der Waals surface area contributed by atoms with Crippen molar-refractivity contribution in [2.45, 2.75) is 36.6 Å². The van der Waals surface area contributed by atoms with Crippen molar-refractivity contribution in [3.63, 3.8) is 0 Å². The molecule has 0 unspecified atom stereocenters. The van der Waals surface area contributed by atoms with Crippen LogP contribution >= 0.6 is 11.8 Å². The summed E-state index contributed by atoms with van der Waals surface area (Å²) in [4.78, 5) is 13.1. The zero-order valence-electron chi connectivity index (χ0n) is 11.8. The van der Waals surface area contributed by atoms with Crippen LogP contribution in [-0.4, -0.2) is 24.8 Å². The summed E-state index contributed by atoms with van der Waals surface area (Å²) in [6.45, 7) is 0. The fourth-order valence-corrected chi connectivity index (χ4v) is 4.20. The van der Waals surface area contributed by atoms with Crippen LogP contribution in [0.2, 0.25) is 0 Å². The van der Waals surface area contributed by atoms with Crippen LogP contribution in [0.5, 0.6) is 5.75 Å². The van der Waals surface area contributed by atoms with E-state index >= 15 is 0 Å². The molecule has 108 valence electrons. The zero-order chi connectivity index (χ0) is 13.9. The van der Waals surface area contributed by atoms with Crippen LogP contribution < -0.4 is 10.1 Å². The van der Waals surface area contributed by atoms with Crippen molar-refractivity contribution >= 4 is 17.7 Å². The Labute approximate surface area is 124 Å². The molecule has 0 heterocycles. The number of rotatable bonds is 5. The van der Waals surface area contributed by atoms with Gasteiger partial charge in [0.15, 0.2) is 0 Å². The first kappa shape index (κ1) is 13.8. The standard InChI is InChI=1S/C16H21NO2S/c1-19-13-4-6-14(7-5-13)20-10-16(18)17-15-9-11-2-3-12(15)8-11/h4-7,11-12,15H,2-3,8-10H2,1H3,(H,17,18)/t11-,12+,15-/m0/s1. The van der Waals surface area contributed by atoms with Crippen LogP contribution in [0.1, 0.15) is 25.7 Å². The van der Waals surface area contributed by atoms with Crippen molar-refractivity contribution in [1.82, 2.24) is 5.32 Å². The topological polar surface area (TPSA) is 38.3 Å². The molecule has 2 aliphatic rings. The second-order valence-corrected chi connectivity index (χ2v) is 6.86. The largest absolute Gasteiger partial charge is 0.497 e. The number of benzene rings is 1. The van der Waals surface area contributed by atoms with Gasteiger partial charge in [0, 0.05) is 10.9 Å².